The molecule has 0 spiro atoms. The molecule has 0 aliphatic heterocycles. The molecule has 0 aliphatic carbocycles. The van der Waals surface area contributed by atoms with Crippen molar-refractivity contribution < 1.29 is 18.7 Å². The fourth-order valence-corrected chi connectivity index (χ4v) is 2.38. The van der Waals surface area contributed by atoms with Crippen LogP contribution in [-0.2, 0) is 20.9 Å². The minimum atomic E-state index is -1.22. The number of ether oxygens (including phenoxy) is 1. The molecule has 24 heavy (non-hydrogen) atoms. The Bertz CT molecular complexity index is 942. The number of carbonyl (C=O) groups excluding carboxylic acids is 2. The number of carbonyl (C=O) groups is 2. The van der Waals surface area contributed by atoms with Crippen LogP contribution in [0.4, 0.5) is 0 Å². The van der Waals surface area contributed by atoms with Gasteiger partial charge in [-0.25, -0.2) is 4.79 Å². The summed E-state index contributed by atoms with van der Waals surface area (Å²) in [7, 11) is 0. The summed E-state index contributed by atoms with van der Waals surface area (Å²) >= 11 is 0. The van der Waals surface area contributed by atoms with Gasteiger partial charge in [-0.05, 0) is 12.1 Å². The largest absolute Gasteiger partial charge is 0.446 e. The van der Waals surface area contributed by atoms with Gasteiger partial charge < -0.3 is 14.9 Å². The first-order valence-electron chi connectivity index (χ1n) is 7.18. The molecular formula is C17H14N2O5. The van der Waals surface area contributed by atoms with Gasteiger partial charge >= 0.3 is 11.7 Å². The monoisotopic (exact) mass is 326 g/mol. The van der Waals surface area contributed by atoms with Crippen LogP contribution in [0.3, 0.4) is 0 Å². The van der Waals surface area contributed by atoms with Crippen molar-refractivity contribution in [2.45, 2.75) is 12.6 Å². The predicted molar refractivity (Wildman–Crippen MR) is 84.9 cm³/mol. The third-order valence-corrected chi connectivity index (χ3v) is 3.47. The molecule has 2 aromatic carbocycles. The molecule has 1 atom stereocenters. The van der Waals surface area contributed by atoms with E-state index in [4.69, 9.17) is 14.9 Å². The predicted octanol–water partition coefficient (Wildman–Crippen LogP) is 1.36. The molecule has 3 aromatic rings. The highest BCUT2D eigenvalue weighted by Gasteiger charge is 2.23. The number of primary amides is 1. The summed E-state index contributed by atoms with van der Waals surface area (Å²) in [5.41, 5.74) is 6.60. The molecule has 1 amide bonds. The maximum absolute atomic E-state index is 12.2. The Morgan fingerprint density at radius 2 is 1.75 bits per heavy atom. The third-order valence-electron chi connectivity index (χ3n) is 3.47. The highest BCUT2D eigenvalue weighted by Crippen LogP contribution is 2.18. The van der Waals surface area contributed by atoms with Crippen LogP contribution in [0.5, 0.6) is 0 Å². The number of benzene rings is 2. The van der Waals surface area contributed by atoms with Crippen LogP contribution < -0.4 is 11.5 Å². The molecule has 0 unspecified atom stereocenters. The second-order valence-corrected chi connectivity index (χ2v) is 5.10. The summed E-state index contributed by atoms with van der Waals surface area (Å²) in [6.45, 7) is -0.382. The number of rotatable bonds is 5. The van der Waals surface area contributed by atoms with Crippen LogP contribution in [0.2, 0.25) is 0 Å². The molecule has 2 N–H and O–H groups in total. The molecular weight excluding hydrogens is 312 g/mol. The summed E-state index contributed by atoms with van der Waals surface area (Å²) in [5.74, 6) is -2.24. The minimum absolute atomic E-state index is 0.366. The Kier molecular flexibility index (Phi) is 4.15. The van der Waals surface area contributed by atoms with Crippen LogP contribution >= 0.6 is 0 Å². The summed E-state index contributed by atoms with van der Waals surface area (Å²) in [5, 5.41) is 0. The molecule has 0 bridgehead atoms. The van der Waals surface area contributed by atoms with Crippen LogP contribution in [-0.4, -0.2) is 16.4 Å². The Hall–Kier alpha value is -3.35. The van der Waals surface area contributed by atoms with E-state index in [0.717, 1.165) is 4.57 Å². The SMILES string of the molecule is NC(=O)[C@@H](OC(=O)Cn1c(=O)oc2ccccc21)c1ccccc1. The summed E-state index contributed by atoms with van der Waals surface area (Å²) in [4.78, 5) is 35.6. The number of oxazole rings is 1. The molecule has 0 fully saturated rings. The maximum atomic E-state index is 12.2. The normalized spacial score (nSPS) is 12.0. The molecule has 3 rings (SSSR count). The number of hydrogen-bond donors (Lipinski definition) is 1. The highest BCUT2D eigenvalue weighted by atomic mass is 16.5. The van der Waals surface area contributed by atoms with E-state index in [1.165, 1.54) is 0 Å². The van der Waals surface area contributed by atoms with Gasteiger partial charge in [0.25, 0.3) is 5.91 Å². The fraction of sp³-hybridized carbons (Fsp3) is 0.118. The average Bonchev–Trinajstić information content (AvgIpc) is 2.89. The lowest BCUT2D eigenvalue weighted by Gasteiger charge is -2.15. The molecule has 122 valence electrons. The van der Waals surface area contributed by atoms with Crippen molar-refractivity contribution in [1.82, 2.24) is 4.57 Å². The first kappa shape index (κ1) is 15.5. The van der Waals surface area contributed by atoms with E-state index in [1.807, 2.05) is 0 Å². The summed E-state index contributed by atoms with van der Waals surface area (Å²) < 4.78 is 11.3. The lowest BCUT2D eigenvalue weighted by atomic mass is 10.1. The maximum Gasteiger partial charge on any atom is 0.420 e. The van der Waals surface area contributed by atoms with E-state index in [9.17, 15) is 14.4 Å². The fourth-order valence-electron chi connectivity index (χ4n) is 2.38. The zero-order valence-electron chi connectivity index (χ0n) is 12.5. The smallest absolute Gasteiger partial charge is 0.420 e. The van der Waals surface area contributed by atoms with E-state index in [0.29, 0.717) is 16.7 Å². The van der Waals surface area contributed by atoms with Crippen LogP contribution in [0.1, 0.15) is 11.7 Å². The van der Waals surface area contributed by atoms with Crippen molar-refractivity contribution >= 4 is 23.0 Å². The van der Waals surface area contributed by atoms with Crippen molar-refractivity contribution in [3.8, 4) is 0 Å². The van der Waals surface area contributed by atoms with E-state index in [1.54, 1.807) is 54.6 Å². The van der Waals surface area contributed by atoms with Gasteiger partial charge in [-0.2, -0.15) is 0 Å². The van der Waals surface area contributed by atoms with Crippen LogP contribution in [0, 0.1) is 0 Å². The Morgan fingerprint density at radius 1 is 1.08 bits per heavy atom. The van der Waals surface area contributed by atoms with Crippen molar-refractivity contribution in [3.63, 3.8) is 0 Å². The lowest BCUT2D eigenvalue weighted by Crippen LogP contribution is -2.29. The first-order valence-corrected chi connectivity index (χ1v) is 7.18. The van der Waals surface area contributed by atoms with Gasteiger partial charge in [0.2, 0.25) is 6.10 Å². The average molecular weight is 326 g/mol. The molecule has 1 heterocycles. The lowest BCUT2D eigenvalue weighted by molar-refractivity contribution is -0.156. The zero-order valence-corrected chi connectivity index (χ0v) is 12.5. The quantitative estimate of drug-likeness (QED) is 0.713. The molecule has 7 nitrogen and oxygen atoms in total. The number of esters is 1. The highest BCUT2D eigenvalue weighted by molar-refractivity contribution is 5.84. The Morgan fingerprint density at radius 3 is 2.46 bits per heavy atom. The number of fused-ring (bicyclic) bond motifs is 1. The number of nitrogens with two attached hydrogens (primary N) is 1. The van der Waals surface area contributed by atoms with Crippen LogP contribution in [0.15, 0.2) is 63.8 Å². The summed E-state index contributed by atoms with van der Waals surface area (Å²) in [6.07, 6.45) is -1.22. The molecule has 1 aromatic heterocycles. The van der Waals surface area contributed by atoms with Crippen molar-refractivity contribution in [2.75, 3.05) is 0 Å². The number of amides is 1. The standard InChI is InChI=1S/C17H14N2O5/c18-16(21)15(11-6-2-1-3-7-11)24-14(20)10-19-12-8-4-5-9-13(12)23-17(19)22/h1-9,15H,10H2,(H2,18,21)/t15-/m0/s1. The number of nitrogens with zero attached hydrogens (tertiary/aromatic N) is 1. The van der Waals surface area contributed by atoms with E-state index in [-0.39, 0.29) is 6.54 Å². The van der Waals surface area contributed by atoms with Gasteiger partial charge in [0.15, 0.2) is 5.58 Å². The van der Waals surface area contributed by atoms with Gasteiger partial charge in [-0.1, -0.05) is 42.5 Å². The molecule has 0 saturated carbocycles. The topological polar surface area (TPSA) is 105 Å². The Balaban J connectivity index is 1.82. The van der Waals surface area contributed by atoms with Gasteiger partial charge in [-0.3, -0.25) is 14.2 Å². The van der Waals surface area contributed by atoms with Gasteiger partial charge in [-0.15, -0.1) is 0 Å². The second-order valence-electron chi connectivity index (χ2n) is 5.10. The summed E-state index contributed by atoms with van der Waals surface area (Å²) in [6, 6.07) is 15.1. The Labute approximate surface area is 136 Å². The van der Waals surface area contributed by atoms with E-state index < -0.39 is 23.7 Å². The van der Waals surface area contributed by atoms with E-state index in [2.05, 4.69) is 0 Å². The minimum Gasteiger partial charge on any atom is -0.446 e. The molecule has 0 saturated heterocycles. The van der Waals surface area contributed by atoms with Crippen molar-refractivity contribution in [3.05, 3.63) is 70.7 Å². The van der Waals surface area contributed by atoms with Crippen molar-refractivity contribution in [1.29, 1.82) is 0 Å². The van der Waals surface area contributed by atoms with Gasteiger partial charge in [0, 0.05) is 5.56 Å². The second kappa shape index (κ2) is 6.41. The number of aromatic nitrogens is 1. The van der Waals surface area contributed by atoms with Gasteiger partial charge in [0.1, 0.15) is 6.54 Å². The number of para-hydroxylation sites is 2. The van der Waals surface area contributed by atoms with Crippen molar-refractivity contribution in [2.24, 2.45) is 5.73 Å². The first-order chi connectivity index (χ1) is 11.6. The number of hydrogen-bond acceptors (Lipinski definition) is 5. The molecule has 0 aliphatic rings. The third kappa shape index (κ3) is 3.05. The van der Waals surface area contributed by atoms with Crippen LogP contribution in [0.25, 0.3) is 11.1 Å². The van der Waals surface area contributed by atoms with E-state index >= 15 is 0 Å². The molecule has 0 radical (unpaired) electrons. The van der Waals surface area contributed by atoms with Gasteiger partial charge in [0.05, 0.1) is 5.52 Å². The molecule has 7 heteroatoms. The zero-order chi connectivity index (χ0) is 17.1.